The summed E-state index contributed by atoms with van der Waals surface area (Å²) < 4.78 is 55.8. The molecule has 4 aromatic rings. The highest BCUT2D eigenvalue weighted by atomic mass is 19.2. The van der Waals surface area contributed by atoms with Crippen molar-refractivity contribution < 1.29 is 22.6 Å². The first-order valence-electron chi connectivity index (χ1n) is 13.7. The normalized spacial score (nSPS) is 11.0. The summed E-state index contributed by atoms with van der Waals surface area (Å²) in [7, 11) is 0. The van der Waals surface area contributed by atoms with Crippen LogP contribution >= 0.6 is 0 Å². The molecule has 0 saturated heterocycles. The number of rotatable bonds is 13. The Morgan fingerprint density at radius 1 is 0.590 bits per heavy atom. The molecule has 5 heteroatoms. The van der Waals surface area contributed by atoms with Gasteiger partial charge in [-0.25, -0.2) is 13.2 Å². The second-order valence-corrected chi connectivity index (χ2v) is 9.84. The lowest BCUT2D eigenvalue weighted by Gasteiger charge is -2.12. The van der Waals surface area contributed by atoms with Gasteiger partial charge in [0.2, 0.25) is 0 Å². The highest BCUT2D eigenvalue weighted by Gasteiger charge is 2.16. The Labute approximate surface area is 229 Å². The van der Waals surface area contributed by atoms with E-state index in [1.165, 1.54) is 31.7 Å². The molecule has 0 radical (unpaired) electrons. The molecule has 0 heterocycles. The summed E-state index contributed by atoms with van der Waals surface area (Å²) in [6.45, 7) is 4.75. The summed E-state index contributed by atoms with van der Waals surface area (Å²) in [5.74, 6) is -1.16. The highest BCUT2D eigenvalue weighted by molar-refractivity contribution is 5.72. The van der Waals surface area contributed by atoms with Crippen molar-refractivity contribution in [2.45, 2.75) is 59.0 Å². The largest absolute Gasteiger partial charge is 0.493 e. The Kier molecular flexibility index (Phi) is 10.1. The van der Waals surface area contributed by atoms with E-state index in [4.69, 9.17) is 9.47 Å². The fourth-order valence-corrected chi connectivity index (χ4v) is 4.43. The number of unbranched alkanes of at least 4 members (excludes halogenated alkanes) is 5. The molecule has 0 aliphatic rings. The molecule has 39 heavy (non-hydrogen) atoms. The van der Waals surface area contributed by atoms with Gasteiger partial charge in [0.15, 0.2) is 11.6 Å². The van der Waals surface area contributed by atoms with Crippen LogP contribution in [0.5, 0.6) is 11.5 Å². The molecule has 0 bridgehead atoms. The van der Waals surface area contributed by atoms with Crippen LogP contribution in [0.4, 0.5) is 13.2 Å². The number of benzene rings is 4. The van der Waals surface area contributed by atoms with E-state index < -0.39 is 17.5 Å². The van der Waals surface area contributed by atoms with Gasteiger partial charge in [-0.3, -0.25) is 0 Å². The SMILES string of the molecule is CCCCCCCCOc1ccc(COc2ccc(-c3ccc(-c4ccc(C)cc4)c(F)c3F)cc2)c(F)c1. The van der Waals surface area contributed by atoms with Crippen molar-refractivity contribution in [3.8, 4) is 33.8 Å². The van der Waals surface area contributed by atoms with Gasteiger partial charge in [0, 0.05) is 22.8 Å². The predicted molar refractivity (Wildman–Crippen MR) is 152 cm³/mol. The van der Waals surface area contributed by atoms with Gasteiger partial charge in [-0.2, -0.15) is 0 Å². The van der Waals surface area contributed by atoms with Crippen LogP contribution in [0.3, 0.4) is 0 Å². The van der Waals surface area contributed by atoms with Crippen molar-refractivity contribution in [1.29, 1.82) is 0 Å². The zero-order valence-corrected chi connectivity index (χ0v) is 22.6. The van der Waals surface area contributed by atoms with Gasteiger partial charge in [-0.1, -0.05) is 93.1 Å². The molecule has 0 N–H and O–H groups in total. The molecule has 0 amide bonds. The van der Waals surface area contributed by atoms with Crippen LogP contribution in [0.15, 0.2) is 78.9 Å². The van der Waals surface area contributed by atoms with Gasteiger partial charge in [0.25, 0.3) is 0 Å². The molecule has 0 spiro atoms. The van der Waals surface area contributed by atoms with Crippen molar-refractivity contribution in [3.05, 3.63) is 107 Å². The van der Waals surface area contributed by atoms with E-state index >= 15 is 0 Å². The van der Waals surface area contributed by atoms with Gasteiger partial charge in [-0.15, -0.1) is 0 Å². The second-order valence-electron chi connectivity index (χ2n) is 9.84. The molecule has 204 valence electrons. The third-order valence-corrected chi connectivity index (χ3v) is 6.80. The molecule has 4 rings (SSSR count). The molecule has 0 aliphatic heterocycles. The summed E-state index contributed by atoms with van der Waals surface area (Å²) in [6, 6.07) is 21.9. The number of aryl methyl sites for hydroxylation is 1. The minimum atomic E-state index is -0.900. The minimum absolute atomic E-state index is 0.0388. The van der Waals surface area contributed by atoms with Crippen LogP contribution in [0.2, 0.25) is 0 Å². The van der Waals surface area contributed by atoms with Gasteiger partial charge in [0.05, 0.1) is 6.61 Å². The van der Waals surface area contributed by atoms with Gasteiger partial charge < -0.3 is 9.47 Å². The van der Waals surface area contributed by atoms with Crippen LogP contribution in [0.1, 0.15) is 56.6 Å². The maximum absolute atomic E-state index is 15.0. The summed E-state index contributed by atoms with van der Waals surface area (Å²) in [6.07, 6.45) is 7.02. The zero-order chi connectivity index (χ0) is 27.6. The molecule has 0 aromatic heterocycles. The lowest BCUT2D eigenvalue weighted by molar-refractivity contribution is 0.293. The van der Waals surface area contributed by atoms with E-state index in [0.29, 0.717) is 34.8 Å². The minimum Gasteiger partial charge on any atom is -0.493 e. The van der Waals surface area contributed by atoms with Crippen LogP contribution in [-0.4, -0.2) is 6.61 Å². The molecule has 0 unspecified atom stereocenters. The van der Waals surface area contributed by atoms with Crippen LogP contribution in [0, 0.1) is 24.4 Å². The third kappa shape index (κ3) is 7.66. The average Bonchev–Trinajstić information content (AvgIpc) is 2.94. The van der Waals surface area contributed by atoms with Crippen LogP contribution < -0.4 is 9.47 Å². The summed E-state index contributed by atoms with van der Waals surface area (Å²) >= 11 is 0. The fraction of sp³-hybridized carbons (Fsp3) is 0.294. The van der Waals surface area contributed by atoms with Gasteiger partial charge in [0.1, 0.15) is 23.9 Å². The Bertz CT molecular complexity index is 1350. The lowest BCUT2D eigenvalue weighted by Crippen LogP contribution is -2.01. The summed E-state index contributed by atoms with van der Waals surface area (Å²) in [5.41, 5.74) is 2.98. The first-order valence-corrected chi connectivity index (χ1v) is 13.7. The van der Waals surface area contributed by atoms with Gasteiger partial charge >= 0.3 is 0 Å². The Morgan fingerprint density at radius 2 is 1.15 bits per heavy atom. The Balaban J connectivity index is 1.32. The van der Waals surface area contributed by atoms with E-state index in [-0.39, 0.29) is 17.7 Å². The van der Waals surface area contributed by atoms with Crippen LogP contribution in [0.25, 0.3) is 22.3 Å². The van der Waals surface area contributed by atoms with Crippen LogP contribution in [-0.2, 0) is 6.61 Å². The van der Waals surface area contributed by atoms with Crippen molar-refractivity contribution in [3.63, 3.8) is 0 Å². The first kappa shape index (κ1) is 28.3. The third-order valence-electron chi connectivity index (χ3n) is 6.80. The topological polar surface area (TPSA) is 18.5 Å². The molecular formula is C34H35F3O2. The Morgan fingerprint density at radius 3 is 1.77 bits per heavy atom. The summed E-state index contributed by atoms with van der Waals surface area (Å²) in [4.78, 5) is 0. The fourth-order valence-electron chi connectivity index (χ4n) is 4.43. The molecular weight excluding hydrogens is 497 g/mol. The van der Waals surface area contributed by atoms with Crippen molar-refractivity contribution in [2.24, 2.45) is 0 Å². The summed E-state index contributed by atoms with van der Waals surface area (Å²) in [5, 5.41) is 0. The molecule has 4 aromatic carbocycles. The molecule has 0 fully saturated rings. The van der Waals surface area contributed by atoms with E-state index in [1.807, 2.05) is 19.1 Å². The lowest BCUT2D eigenvalue weighted by atomic mass is 9.98. The molecule has 0 saturated carbocycles. The van der Waals surface area contributed by atoms with Crippen molar-refractivity contribution in [2.75, 3.05) is 6.61 Å². The molecule has 0 aliphatic carbocycles. The average molecular weight is 533 g/mol. The quantitative estimate of drug-likeness (QED) is 0.160. The van der Waals surface area contributed by atoms with E-state index in [2.05, 4.69) is 6.92 Å². The first-order chi connectivity index (χ1) is 19.0. The monoisotopic (exact) mass is 532 g/mol. The zero-order valence-electron chi connectivity index (χ0n) is 22.6. The van der Waals surface area contributed by atoms with Crippen molar-refractivity contribution >= 4 is 0 Å². The maximum Gasteiger partial charge on any atom is 0.167 e. The number of hydrogen-bond acceptors (Lipinski definition) is 2. The second kappa shape index (κ2) is 13.9. The smallest absolute Gasteiger partial charge is 0.167 e. The highest BCUT2D eigenvalue weighted by Crippen LogP contribution is 2.32. The van der Waals surface area contributed by atoms with Crippen molar-refractivity contribution in [1.82, 2.24) is 0 Å². The van der Waals surface area contributed by atoms with Gasteiger partial charge in [-0.05, 0) is 48.7 Å². The molecule has 0 atom stereocenters. The molecule has 2 nitrogen and oxygen atoms in total. The standard InChI is InChI=1S/C34H35F3O2/c1-3-4-5-6-7-8-21-38-29-18-15-27(32(35)22-29)23-39-28-16-13-26(14-17-28)31-20-19-30(33(36)34(31)37)25-11-9-24(2)10-12-25/h9-20,22H,3-8,21,23H2,1-2H3. The number of halogens is 3. The number of ether oxygens (including phenoxy) is 2. The maximum atomic E-state index is 15.0. The van der Waals surface area contributed by atoms with E-state index in [1.54, 1.807) is 60.7 Å². The van der Waals surface area contributed by atoms with E-state index in [0.717, 1.165) is 18.4 Å². The predicted octanol–water partition coefficient (Wildman–Crippen LogP) is 10.1. The number of hydrogen-bond donors (Lipinski definition) is 0. The Hall–Kier alpha value is -3.73. The van der Waals surface area contributed by atoms with E-state index in [9.17, 15) is 13.2 Å².